The summed E-state index contributed by atoms with van der Waals surface area (Å²) in [6, 6.07) is 5.91. The molecule has 7 nitrogen and oxygen atoms in total. The Morgan fingerprint density at radius 3 is 2.50 bits per heavy atom. The summed E-state index contributed by atoms with van der Waals surface area (Å²) in [5.74, 6) is -1.69. The molecule has 142 valence electrons. The van der Waals surface area contributed by atoms with Crippen molar-refractivity contribution in [3.8, 4) is 5.75 Å². The minimum atomic E-state index is -4.73. The topological polar surface area (TPSA) is 85.5 Å². The number of rotatable bonds is 4. The Hall–Kier alpha value is -2.14. The Kier molecular flexibility index (Phi) is 4.93. The van der Waals surface area contributed by atoms with Gasteiger partial charge in [-0.2, -0.15) is 17.5 Å². The summed E-state index contributed by atoms with van der Waals surface area (Å²) in [6.07, 6.45) is -3.79. The number of piperidine rings is 1. The molecule has 0 aliphatic carbocycles. The van der Waals surface area contributed by atoms with Gasteiger partial charge in [0.25, 0.3) is 0 Å². The molecule has 26 heavy (non-hydrogen) atoms. The third-order valence-corrected chi connectivity index (χ3v) is 5.99. The zero-order chi connectivity index (χ0) is 18.9. The molecule has 11 heteroatoms. The molecule has 1 aromatic heterocycles. The first-order valence-electron chi connectivity index (χ1n) is 7.76. The van der Waals surface area contributed by atoms with Gasteiger partial charge in [-0.1, -0.05) is 0 Å². The van der Waals surface area contributed by atoms with E-state index in [4.69, 9.17) is 9.15 Å². The highest BCUT2D eigenvalue weighted by Gasteiger charge is 2.40. The molecule has 1 fully saturated rings. The van der Waals surface area contributed by atoms with E-state index in [-0.39, 0.29) is 23.9 Å². The van der Waals surface area contributed by atoms with Gasteiger partial charge < -0.3 is 9.15 Å². The van der Waals surface area contributed by atoms with Crippen LogP contribution >= 0.6 is 0 Å². The molecule has 1 aromatic carbocycles. The quantitative estimate of drug-likeness (QED) is 0.797. The van der Waals surface area contributed by atoms with Crippen molar-refractivity contribution in [2.45, 2.75) is 29.8 Å². The van der Waals surface area contributed by atoms with Gasteiger partial charge in [0, 0.05) is 13.1 Å². The molecular formula is C15H16F3N3O4S. The summed E-state index contributed by atoms with van der Waals surface area (Å²) in [6.45, 7) is 0.249. The second kappa shape index (κ2) is 6.88. The van der Waals surface area contributed by atoms with Crippen LogP contribution < -0.4 is 4.74 Å². The number of ether oxygens (including phenoxy) is 1. The molecule has 1 unspecified atom stereocenters. The number of nitrogens with zero attached hydrogens (tertiary/aromatic N) is 3. The molecule has 0 spiro atoms. The van der Waals surface area contributed by atoms with Gasteiger partial charge in [0.15, 0.2) is 0 Å². The fourth-order valence-corrected chi connectivity index (χ4v) is 4.30. The van der Waals surface area contributed by atoms with E-state index in [1.165, 1.54) is 35.7 Å². The Morgan fingerprint density at radius 1 is 1.23 bits per heavy atom. The molecular weight excluding hydrogens is 375 g/mol. The van der Waals surface area contributed by atoms with Crippen LogP contribution in [0.5, 0.6) is 5.75 Å². The summed E-state index contributed by atoms with van der Waals surface area (Å²) in [5.41, 5.74) is 0. The molecule has 1 aliphatic heterocycles. The van der Waals surface area contributed by atoms with Gasteiger partial charge in [-0.05, 0) is 37.1 Å². The van der Waals surface area contributed by atoms with Crippen molar-refractivity contribution in [3.05, 3.63) is 36.0 Å². The molecule has 2 aromatic rings. The molecule has 0 bridgehead atoms. The van der Waals surface area contributed by atoms with Gasteiger partial charge in [-0.25, -0.2) is 8.42 Å². The number of sulfonamides is 1. The molecule has 1 aliphatic rings. The van der Waals surface area contributed by atoms with Gasteiger partial charge in [0.2, 0.25) is 15.9 Å². The third-order valence-electron chi connectivity index (χ3n) is 4.11. The third kappa shape index (κ3) is 3.68. The molecule has 0 N–H and O–H groups in total. The van der Waals surface area contributed by atoms with E-state index in [2.05, 4.69) is 10.2 Å². The van der Waals surface area contributed by atoms with E-state index in [0.717, 1.165) is 0 Å². The predicted molar refractivity (Wildman–Crippen MR) is 83.0 cm³/mol. The van der Waals surface area contributed by atoms with Crippen molar-refractivity contribution in [2.24, 2.45) is 0 Å². The van der Waals surface area contributed by atoms with Crippen LogP contribution in [-0.2, 0) is 16.2 Å². The number of methoxy groups -OCH3 is 1. The largest absolute Gasteiger partial charge is 0.497 e. The van der Waals surface area contributed by atoms with E-state index >= 15 is 0 Å². The molecule has 0 amide bonds. The molecule has 3 rings (SSSR count). The maximum Gasteiger partial charge on any atom is 0.470 e. The van der Waals surface area contributed by atoms with Gasteiger partial charge in [0.05, 0.1) is 17.9 Å². The van der Waals surface area contributed by atoms with Crippen molar-refractivity contribution in [1.82, 2.24) is 14.5 Å². The Morgan fingerprint density at radius 2 is 1.92 bits per heavy atom. The Bertz CT molecular complexity index is 865. The van der Waals surface area contributed by atoms with Crippen LogP contribution in [0, 0.1) is 0 Å². The lowest BCUT2D eigenvalue weighted by atomic mass is 10.00. The number of alkyl halides is 3. The highest BCUT2D eigenvalue weighted by Crippen LogP contribution is 2.33. The van der Waals surface area contributed by atoms with Crippen molar-refractivity contribution in [2.75, 3.05) is 20.2 Å². The maximum absolute atomic E-state index is 12.8. The standard InChI is InChI=1S/C15H16F3N3O4S/c1-24-11-4-6-12(7-5-11)26(22,23)21-8-2-3-10(9-21)13-19-20-14(25-13)15(16,17)18/h4-7,10H,2-3,8-9H2,1H3. The number of halogens is 3. The first-order chi connectivity index (χ1) is 12.2. The lowest BCUT2D eigenvalue weighted by Crippen LogP contribution is -2.39. The highest BCUT2D eigenvalue weighted by atomic mass is 32.2. The number of hydrogen-bond acceptors (Lipinski definition) is 6. The summed E-state index contributed by atoms with van der Waals surface area (Å²) in [5, 5.41) is 6.45. The number of aromatic nitrogens is 2. The summed E-state index contributed by atoms with van der Waals surface area (Å²) < 4.78 is 74.3. The molecule has 2 heterocycles. The van der Waals surface area contributed by atoms with Crippen LogP contribution in [0.4, 0.5) is 13.2 Å². The zero-order valence-corrected chi connectivity index (χ0v) is 14.5. The van der Waals surface area contributed by atoms with E-state index in [0.29, 0.717) is 18.6 Å². The summed E-state index contributed by atoms with van der Waals surface area (Å²) in [7, 11) is -2.31. The highest BCUT2D eigenvalue weighted by molar-refractivity contribution is 7.89. The average Bonchev–Trinajstić information content (AvgIpc) is 3.12. The van der Waals surface area contributed by atoms with Crippen molar-refractivity contribution < 1.29 is 30.7 Å². The van der Waals surface area contributed by atoms with Crippen molar-refractivity contribution in [3.63, 3.8) is 0 Å². The van der Waals surface area contributed by atoms with Crippen LogP contribution in [-0.4, -0.2) is 43.1 Å². The van der Waals surface area contributed by atoms with E-state index in [1.54, 1.807) is 0 Å². The van der Waals surface area contributed by atoms with Crippen LogP contribution in [0.25, 0.3) is 0 Å². The van der Waals surface area contributed by atoms with Crippen LogP contribution in [0.2, 0.25) is 0 Å². The van der Waals surface area contributed by atoms with Crippen LogP contribution in [0.15, 0.2) is 33.6 Å². The summed E-state index contributed by atoms with van der Waals surface area (Å²) in [4.78, 5) is 0.0838. The van der Waals surface area contributed by atoms with Gasteiger partial charge in [0.1, 0.15) is 5.75 Å². The van der Waals surface area contributed by atoms with Gasteiger partial charge >= 0.3 is 12.1 Å². The first-order valence-corrected chi connectivity index (χ1v) is 9.20. The van der Waals surface area contributed by atoms with E-state index in [1.807, 2.05) is 0 Å². The van der Waals surface area contributed by atoms with Crippen LogP contribution in [0.3, 0.4) is 0 Å². The molecule has 0 saturated carbocycles. The lowest BCUT2D eigenvalue weighted by Gasteiger charge is -2.30. The van der Waals surface area contributed by atoms with Crippen molar-refractivity contribution >= 4 is 10.0 Å². The van der Waals surface area contributed by atoms with Crippen molar-refractivity contribution in [1.29, 1.82) is 0 Å². The molecule has 1 saturated heterocycles. The van der Waals surface area contributed by atoms with Crippen LogP contribution in [0.1, 0.15) is 30.5 Å². The monoisotopic (exact) mass is 391 g/mol. The second-order valence-electron chi connectivity index (χ2n) is 5.82. The predicted octanol–water partition coefficient (Wildman–Crippen LogP) is 2.67. The lowest BCUT2D eigenvalue weighted by molar-refractivity contribution is -0.157. The maximum atomic E-state index is 12.8. The Labute approximate surface area is 147 Å². The minimum absolute atomic E-state index is 0.0200. The SMILES string of the molecule is COc1ccc(S(=O)(=O)N2CCCC(c3nnc(C(F)(F)F)o3)C2)cc1. The number of benzene rings is 1. The minimum Gasteiger partial charge on any atom is -0.497 e. The fraction of sp³-hybridized carbons (Fsp3) is 0.467. The molecule has 1 atom stereocenters. The zero-order valence-electron chi connectivity index (χ0n) is 13.7. The summed E-state index contributed by atoms with van der Waals surface area (Å²) >= 11 is 0. The van der Waals surface area contributed by atoms with Gasteiger partial charge in [-0.15, -0.1) is 10.2 Å². The Balaban J connectivity index is 1.80. The normalized spacial score (nSPS) is 19.5. The fourth-order valence-electron chi connectivity index (χ4n) is 2.77. The number of hydrogen-bond donors (Lipinski definition) is 0. The average molecular weight is 391 g/mol. The smallest absolute Gasteiger partial charge is 0.470 e. The molecule has 0 radical (unpaired) electrons. The van der Waals surface area contributed by atoms with E-state index in [9.17, 15) is 21.6 Å². The van der Waals surface area contributed by atoms with E-state index < -0.39 is 28.0 Å². The first kappa shape index (κ1) is 18.6. The van der Waals surface area contributed by atoms with Gasteiger partial charge in [-0.3, -0.25) is 0 Å². The second-order valence-corrected chi connectivity index (χ2v) is 7.76.